The van der Waals surface area contributed by atoms with Gasteiger partial charge in [-0.2, -0.15) is 0 Å². The molecule has 0 aromatic carbocycles. The van der Waals surface area contributed by atoms with Gasteiger partial charge in [0.05, 0.1) is 13.2 Å². The first kappa shape index (κ1) is 7.91. The Kier molecular flexibility index (Phi) is 2.21. The molecule has 0 saturated carbocycles. The number of ether oxygens (including phenoxy) is 2. The second-order valence-electron chi connectivity index (χ2n) is 2.36. The molecule has 1 aliphatic rings. The molecule has 2 heterocycles. The summed E-state index contributed by atoms with van der Waals surface area (Å²) < 4.78 is 10.5. The largest absolute Gasteiger partial charge is 0.346 e. The van der Waals surface area contributed by atoms with E-state index in [1.807, 2.05) is 0 Å². The van der Waals surface area contributed by atoms with E-state index in [1.165, 1.54) is 0 Å². The van der Waals surface area contributed by atoms with Crippen LogP contribution in [-0.2, 0) is 9.47 Å². The van der Waals surface area contributed by atoms with Gasteiger partial charge >= 0.3 is 0 Å². The van der Waals surface area contributed by atoms with Crippen LogP contribution < -0.4 is 0 Å². The number of hydrogen-bond acceptors (Lipinski definition) is 4. The molecule has 1 aromatic heterocycles. The Morgan fingerprint density at radius 3 is 2.42 bits per heavy atom. The Hall–Kier alpha value is -0.710. The monoisotopic (exact) mass is 186 g/mol. The van der Waals surface area contributed by atoms with E-state index in [1.54, 1.807) is 12.4 Å². The topological polar surface area (TPSA) is 44.2 Å². The van der Waals surface area contributed by atoms with Gasteiger partial charge in [-0.15, -0.1) is 0 Å². The Bertz CT molecular complexity index is 259. The van der Waals surface area contributed by atoms with Gasteiger partial charge in [0, 0.05) is 18.0 Å². The third-order valence-corrected chi connectivity index (χ3v) is 1.73. The maximum atomic E-state index is 5.51. The van der Waals surface area contributed by atoms with Crippen LogP contribution in [0.1, 0.15) is 11.9 Å². The molecule has 1 fully saturated rings. The minimum absolute atomic E-state index is 0.233. The highest BCUT2D eigenvalue weighted by Gasteiger charge is 2.18. The molecule has 4 nitrogen and oxygen atoms in total. The second-order valence-corrected chi connectivity index (χ2v) is 2.70. The Morgan fingerprint density at radius 1 is 1.25 bits per heavy atom. The summed E-state index contributed by atoms with van der Waals surface area (Å²) in [6.07, 6.45) is 2.89. The zero-order valence-electron chi connectivity index (χ0n) is 6.24. The van der Waals surface area contributed by atoms with Crippen LogP contribution in [0.3, 0.4) is 0 Å². The smallest absolute Gasteiger partial charge is 0.222 e. The molecule has 0 amide bonds. The van der Waals surface area contributed by atoms with Crippen molar-refractivity contribution in [3.05, 3.63) is 23.2 Å². The fourth-order valence-electron chi connectivity index (χ4n) is 0.995. The van der Waals surface area contributed by atoms with E-state index < -0.39 is 0 Å². The molecule has 1 aromatic rings. The molecule has 64 valence electrons. The lowest BCUT2D eigenvalue weighted by Crippen LogP contribution is -1.99. The van der Waals surface area contributed by atoms with Crippen LogP contribution in [0.4, 0.5) is 0 Å². The average Bonchev–Trinajstić information content (AvgIpc) is 2.58. The number of nitrogens with zero attached hydrogens (tertiary/aromatic N) is 2. The van der Waals surface area contributed by atoms with Crippen molar-refractivity contribution in [3.63, 3.8) is 0 Å². The molecular weight excluding hydrogens is 180 g/mol. The van der Waals surface area contributed by atoms with Crippen molar-refractivity contribution in [3.8, 4) is 0 Å². The Balaban J connectivity index is 2.17. The minimum atomic E-state index is -0.317. The SMILES string of the molecule is Clc1ncc(C2OCCO2)cn1. The molecule has 0 spiro atoms. The van der Waals surface area contributed by atoms with Crippen LogP contribution in [0, 0.1) is 0 Å². The van der Waals surface area contributed by atoms with Gasteiger partial charge in [-0.25, -0.2) is 9.97 Å². The fourth-order valence-corrected chi connectivity index (χ4v) is 1.09. The molecule has 1 saturated heterocycles. The van der Waals surface area contributed by atoms with Gasteiger partial charge in [0.15, 0.2) is 6.29 Å². The molecule has 0 bridgehead atoms. The first-order valence-electron chi connectivity index (χ1n) is 3.57. The normalized spacial score (nSPS) is 18.4. The van der Waals surface area contributed by atoms with Gasteiger partial charge < -0.3 is 9.47 Å². The summed E-state index contributed by atoms with van der Waals surface area (Å²) in [5, 5.41) is 0.233. The maximum Gasteiger partial charge on any atom is 0.222 e. The number of aromatic nitrogens is 2. The van der Waals surface area contributed by atoms with Crippen LogP contribution in [-0.4, -0.2) is 23.2 Å². The van der Waals surface area contributed by atoms with Crippen molar-refractivity contribution in [1.82, 2.24) is 9.97 Å². The van der Waals surface area contributed by atoms with E-state index in [0.29, 0.717) is 13.2 Å². The van der Waals surface area contributed by atoms with E-state index in [9.17, 15) is 0 Å². The number of hydrogen-bond donors (Lipinski definition) is 0. The fraction of sp³-hybridized carbons (Fsp3) is 0.429. The highest BCUT2D eigenvalue weighted by Crippen LogP contribution is 2.21. The lowest BCUT2D eigenvalue weighted by atomic mass is 10.3. The van der Waals surface area contributed by atoms with Crippen molar-refractivity contribution in [2.45, 2.75) is 6.29 Å². The zero-order chi connectivity index (χ0) is 8.39. The molecule has 0 N–H and O–H groups in total. The van der Waals surface area contributed by atoms with Crippen molar-refractivity contribution in [2.24, 2.45) is 0 Å². The summed E-state index contributed by atoms with van der Waals surface area (Å²) in [6.45, 7) is 1.24. The average molecular weight is 187 g/mol. The number of rotatable bonds is 1. The van der Waals surface area contributed by atoms with Gasteiger partial charge in [0.2, 0.25) is 5.28 Å². The Labute approximate surface area is 74.5 Å². The zero-order valence-corrected chi connectivity index (χ0v) is 6.99. The predicted molar refractivity (Wildman–Crippen MR) is 41.7 cm³/mol. The Morgan fingerprint density at radius 2 is 1.83 bits per heavy atom. The van der Waals surface area contributed by atoms with E-state index in [0.717, 1.165) is 5.56 Å². The highest BCUT2D eigenvalue weighted by atomic mass is 35.5. The standard InChI is InChI=1S/C7H7ClN2O2/c8-7-9-3-5(4-10-7)6-11-1-2-12-6/h3-4,6H,1-2H2. The van der Waals surface area contributed by atoms with Crippen LogP contribution in [0.2, 0.25) is 5.28 Å². The highest BCUT2D eigenvalue weighted by molar-refractivity contribution is 6.28. The van der Waals surface area contributed by atoms with Crippen molar-refractivity contribution in [2.75, 3.05) is 13.2 Å². The third kappa shape index (κ3) is 1.55. The van der Waals surface area contributed by atoms with Gasteiger partial charge in [0.25, 0.3) is 0 Å². The van der Waals surface area contributed by atoms with Crippen LogP contribution in [0.15, 0.2) is 12.4 Å². The summed E-state index contributed by atoms with van der Waals surface area (Å²) in [6, 6.07) is 0. The first-order valence-corrected chi connectivity index (χ1v) is 3.95. The van der Waals surface area contributed by atoms with Crippen molar-refractivity contribution < 1.29 is 9.47 Å². The predicted octanol–water partition coefficient (Wildman–Crippen LogP) is 1.18. The first-order chi connectivity index (χ1) is 5.86. The van der Waals surface area contributed by atoms with Gasteiger partial charge in [-0.3, -0.25) is 0 Å². The maximum absolute atomic E-state index is 5.51. The lowest BCUT2D eigenvalue weighted by Gasteiger charge is -2.06. The molecule has 5 heteroatoms. The van der Waals surface area contributed by atoms with E-state index in [-0.39, 0.29) is 11.6 Å². The van der Waals surface area contributed by atoms with Gasteiger partial charge in [-0.1, -0.05) is 0 Å². The number of halogens is 1. The van der Waals surface area contributed by atoms with Gasteiger partial charge in [-0.05, 0) is 11.6 Å². The van der Waals surface area contributed by atoms with Gasteiger partial charge in [0.1, 0.15) is 0 Å². The van der Waals surface area contributed by atoms with E-state index >= 15 is 0 Å². The molecule has 0 atom stereocenters. The van der Waals surface area contributed by atoms with Crippen molar-refractivity contribution in [1.29, 1.82) is 0 Å². The third-order valence-electron chi connectivity index (χ3n) is 1.53. The molecule has 0 aliphatic carbocycles. The van der Waals surface area contributed by atoms with Crippen LogP contribution in [0.5, 0.6) is 0 Å². The summed E-state index contributed by atoms with van der Waals surface area (Å²) in [7, 11) is 0. The van der Waals surface area contributed by atoms with Crippen molar-refractivity contribution >= 4 is 11.6 Å². The molecule has 2 rings (SSSR count). The summed E-state index contributed by atoms with van der Waals surface area (Å²) in [4.78, 5) is 7.64. The quantitative estimate of drug-likeness (QED) is 0.618. The second kappa shape index (κ2) is 3.35. The molecule has 0 radical (unpaired) electrons. The van der Waals surface area contributed by atoms with Crippen LogP contribution >= 0.6 is 11.6 Å². The van der Waals surface area contributed by atoms with E-state index in [2.05, 4.69) is 9.97 Å². The summed E-state index contributed by atoms with van der Waals surface area (Å²) >= 11 is 5.51. The molecule has 0 unspecified atom stereocenters. The lowest BCUT2D eigenvalue weighted by molar-refractivity contribution is -0.0445. The molecule has 1 aliphatic heterocycles. The minimum Gasteiger partial charge on any atom is -0.346 e. The summed E-state index contributed by atoms with van der Waals surface area (Å²) in [5.74, 6) is 0. The summed E-state index contributed by atoms with van der Waals surface area (Å²) in [5.41, 5.74) is 0.803. The van der Waals surface area contributed by atoms with Crippen LogP contribution in [0.25, 0.3) is 0 Å². The van der Waals surface area contributed by atoms with E-state index in [4.69, 9.17) is 21.1 Å². The molecule has 12 heavy (non-hydrogen) atoms. The molecular formula is C7H7ClN2O2.